The minimum absolute atomic E-state index is 0.325. The van der Waals surface area contributed by atoms with Crippen molar-refractivity contribution in [2.75, 3.05) is 20.3 Å². The van der Waals surface area contributed by atoms with Crippen molar-refractivity contribution < 1.29 is 19.1 Å². The first-order valence-electron chi connectivity index (χ1n) is 10.6. The molecule has 0 saturated carbocycles. The Balaban J connectivity index is 1.33. The number of carbonyl (C=O) groups excluding carboxylic acids is 2. The van der Waals surface area contributed by atoms with Gasteiger partial charge in [0, 0.05) is 11.4 Å². The number of ether oxygens (including phenoxy) is 2. The molecule has 4 rings (SSSR count). The zero-order chi connectivity index (χ0) is 23.9. The third-order valence-corrected chi connectivity index (χ3v) is 6.28. The van der Waals surface area contributed by atoms with Crippen LogP contribution in [-0.4, -0.2) is 41.7 Å². The minimum Gasteiger partial charge on any atom is -0.497 e. The van der Waals surface area contributed by atoms with Gasteiger partial charge in [-0.15, -0.1) is 11.3 Å². The monoisotopic (exact) mass is 477 g/mol. The number of nitrogens with one attached hydrogen (secondary N) is 1. The van der Waals surface area contributed by atoms with Crippen molar-refractivity contribution in [3.05, 3.63) is 82.9 Å². The van der Waals surface area contributed by atoms with Crippen LogP contribution in [0.25, 0.3) is 20.7 Å². The minimum atomic E-state index is -0.687. The number of nitrogens with zero attached hydrogens (tertiary/aromatic N) is 2. The number of hydrogen-bond acceptors (Lipinski definition) is 7. The number of benzene rings is 2. The van der Waals surface area contributed by atoms with Gasteiger partial charge < -0.3 is 14.8 Å². The van der Waals surface area contributed by atoms with Gasteiger partial charge in [0.25, 0.3) is 11.5 Å². The van der Waals surface area contributed by atoms with Crippen LogP contribution in [0.4, 0.5) is 0 Å². The molecule has 2 heterocycles. The Labute approximate surface area is 199 Å². The van der Waals surface area contributed by atoms with Gasteiger partial charge in [0.1, 0.15) is 17.0 Å². The number of methoxy groups -OCH3 is 1. The second-order valence-electron chi connectivity index (χ2n) is 7.48. The molecule has 0 bridgehead atoms. The maximum atomic E-state index is 12.8. The molecule has 34 heavy (non-hydrogen) atoms. The number of esters is 1. The van der Waals surface area contributed by atoms with E-state index < -0.39 is 18.5 Å². The zero-order valence-electron chi connectivity index (χ0n) is 18.5. The number of aromatic nitrogens is 2. The number of fused-ring (bicyclic) bond motifs is 1. The Morgan fingerprint density at radius 1 is 1.09 bits per heavy atom. The van der Waals surface area contributed by atoms with E-state index in [1.165, 1.54) is 22.2 Å². The molecule has 1 amide bonds. The first-order valence-corrected chi connectivity index (χ1v) is 11.4. The normalized spacial score (nSPS) is 10.7. The second-order valence-corrected chi connectivity index (χ2v) is 8.53. The van der Waals surface area contributed by atoms with Gasteiger partial charge in [0.2, 0.25) is 0 Å². The molecule has 0 saturated heterocycles. The summed E-state index contributed by atoms with van der Waals surface area (Å²) in [5, 5.41) is 2.71. The summed E-state index contributed by atoms with van der Waals surface area (Å²) in [5.74, 6) is -0.338. The lowest BCUT2D eigenvalue weighted by Crippen LogP contribution is -2.32. The summed E-state index contributed by atoms with van der Waals surface area (Å²) >= 11 is 1.30. The van der Waals surface area contributed by atoms with E-state index >= 15 is 0 Å². The van der Waals surface area contributed by atoms with Gasteiger partial charge in [0.15, 0.2) is 6.61 Å². The van der Waals surface area contributed by atoms with Gasteiger partial charge in [-0.2, -0.15) is 0 Å². The first kappa shape index (κ1) is 23.2. The molecule has 0 aliphatic rings. The molecule has 0 aliphatic carbocycles. The molecule has 1 N–H and O–H groups in total. The van der Waals surface area contributed by atoms with Gasteiger partial charge in [-0.1, -0.05) is 30.3 Å². The Morgan fingerprint density at radius 3 is 2.59 bits per heavy atom. The third kappa shape index (κ3) is 5.68. The summed E-state index contributed by atoms with van der Waals surface area (Å²) in [5.41, 5.74) is 2.26. The molecule has 0 aliphatic heterocycles. The van der Waals surface area contributed by atoms with E-state index in [4.69, 9.17) is 9.47 Å². The smallest absolute Gasteiger partial charge is 0.326 e. The Morgan fingerprint density at radius 2 is 1.85 bits per heavy atom. The Bertz CT molecular complexity index is 1350. The van der Waals surface area contributed by atoms with Crippen LogP contribution < -0.4 is 15.6 Å². The quantitative estimate of drug-likeness (QED) is 0.372. The highest BCUT2D eigenvalue weighted by Crippen LogP contribution is 2.31. The van der Waals surface area contributed by atoms with Gasteiger partial charge in [0.05, 0.1) is 19.0 Å². The predicted molar refractivity (Wildman–Crippen MR) is 130 cm³/mol. The maximum absolute atomic E-state index is 12.8. The van der Waals surface area contributed by atoms with E-state index in [1.54, 1.807) is 7.11 Å². The van der Waals surface area contributed by atoms with Crippen LogP contribution in [0.1, 0.15) is 5.56 Å². The van der Waals surface area contributed by atoms with Crippen LogP contribution in [0.15, 0.2) is 71.8 Å². The van der Waals surface area contributed by atoms with Crippen LogP contribution >= 0.6 is 11.3 Å². The van der Waals surface area contributed by atoms with Crippen molar-refractivity contribution in [3.8, 4) is 16.2 Å². The van der Waals surface area contributed by atoms with Gasteiger partial charge in [-0.3, -0.25) is 19.0 Å². The molecule has 0 atom stereocenters. The average Bonchev–Trinajstić information content (AvgIpc) is 3.30. The molecule has 9 heteroatoms. The van der Waals surface area contributed by atoms with E-state index in [1.807, 2.05) is 60.7 Å². The summed E-state index contributed by atoms with van der Waals surface area (Å²) in [6.45, 7) is -0.289. The van der Waals surface area contributed by atoms with Crippen LogP contribution in [0.2, 0.25) is 0 Å². The highest BCUT2D eigenvalue weighted by molar-refractivity contribution is 7.22. The van der Waals surface area contributed by atoms with E-state index in [2.05, 4.69) is 10.3 Å². The summed E-state index contributed by atoms with van der Waals surface area (Å²) in [6.07, 6.45) is 2.00. The van der Waals surface area contributed by atoms with Crippen molar-refractivity contribution in [3.63, 3.8) is 0 Å². The second kappa shape index (κ2) is 10.8. The predicted octanol–water partition coefficient (Wildman–Crippen LogP) is 3.04. The highest BCUT2D eigenvalue weighted by atomic mass is 32.1. The lowest BCUT2D eigenvalue weighted by atomic mass is 10.1. The van der Waals surface area contributed by atoms with Crippen LogP contribution in [0.3, 0.4) is 0 Å². The lowest BCUT2D eigenvalue weighted by molar-refractivity contribution is -0.149. The third-order valence-electron chi connectivity index (χ3n) is 5.12. The molecular weight excluding hydrogens is 454 g/mol. The molecule has 4 aromatic rings. The lowest BCUT2D eigenvalue weighted by Gasteiger charge is -2.08. The Hall–Kier alpha value is -3.98. The maximum Gasteiger partial charge on any atom is 0.326 e. The molecule has 0 spiro atoms. The number of rotatable bonds is 9. The fraction of sp³-hybridized carbons (Fsp3) is 0.200. The fourth-order valence-corrected chi connectivity index (χ4v) is 4.39. The molecule has 0 unspecified atom stereocenters. The summed E-state index contributed by atoms with van der Waals surface area (Å²) in [6, 6.07) is 19.1. The van der Waals surface area contributed by atoms with Crippen molar-refractivity contribution in [2.45, 2.75) is 13.0 Å². The van der Waals surface area contributed by atoms with Crippen LogP contribution in [0, 0.1) is 0 Å². The highest BCUT2D eigenvalue weighted by Gasteiger charge is 2.14. The van der Waals surface area contributed by atoms with E-state index in [0.717, 1.165) is 21.8 Å². The van der Waals surface area contributed by atoms with Gasteiger partial charge in [-0.25, -0.2) is 4.98 Å². The van der Waals surface area contributed by atoms with Gasteiger partial charge >= 0.3 is 5.97 Å². The fourth-order valence-electron chi connectivity index (χ4n) is 3.33. The van der Waals surface area contributed by atoms with Crippen molar-refractivity contribution in [1.82, 2.24) is 14.9 Å². The molecule has 0 fully saturated rings. The van der Waals surface area contributed by atoms with Crippen molar-refractivity contribution in [1.29, 1.82) is 0 Å². The van der Waals surface area contributed by atoms with Crippen LogP contribution in [-0.2, 0) is 27.3 Å². The molecule has 2 aromatic carbocycles. The zero-order valence-corrected chi connectivity index (χ0v) is 19.3. The molecule has 174 valence electrons. The van der Waals surface area contributed by atoms with Crippen molar-refractivity contribution >= 4 is 33.4 Å². The SMILES string of the molecule is COc1ccc(-c2cc3ncn(CC(=O)OCC(=O)NCCc4ccccc4)c(=O)c3s2)cc1. The largest absolute Gasteiger partial charge is 0.497 e. The van der Waals surface area contributed by atoms with Crippen LogP contribution in [0.5, 0.6) is 5.75 Å². The van der Waals surface area contributed by atoms with E-state index in [-0.39, 0.29) is 12.1 Å². The standard InChI is InChI=1S/C25H23N3O5S/c1-32-19-9-7-18(8-10-19)21-13-20-24(34-21)25(31)28(16-27-20)14-23(30)33-15-22(29)26-12-11-17-5-3-2-4-6-17/h2-10,13,16H,11-12,14-15H2,1H3,(H,26,29). The number of carbonyl (C=O) groups is 2. The number of thiophene rings is 1. The molecule has 0 radical (unpaired) electrons. The number of amides is 1. The average molecular weight is 478 g/mol. The van der Waals surface area contributed by atoms with E-state index in [9.17, 15) is 14.4 Å². The summed E-state index contributed by atoms with van der Waals surface area (Å²) in [4.78, 5) is 42.2. The number of hydrogen-bond donors (Lipinski definition) is 1. The van der Waals surface area contributed by atoms with Gasteiger partial charge in [-0.05, 0) is 47.9 Å². The summed E-state index contributed by atoms with van der Waals surface area (Å²) in [7, 11) is 1.60. The Kier molecular flexibility index (Phi) is 7.34. The van der Waals surface area contributed by atoms with E-state index in [0.29, 0.717) is 23.2 Å². The molecular formula is C25H23N3O5S. The molecule has 2 aromatic heterocycles. The topological polar surface area (TPSA) is 99.5 Å². The molecule has 8 nitrogen and oxygen atoms in total. The van der Waals surface area contributed by atoms with Crippen molar-refractivity contribution in [2.24, 2.45) is 0 Å². The first-order chi connectivity index (χ1) is 16.5. The summed E-state index contributed by atoms with van der Waals surface area (Å²) < 4.78 is 11.8.